The summed E-state index contributed by atoms with van der Waals surface area (Å²) in [6, 6.07) is 10.7. The molecule has 0 saturated carbocycles. The average Bonchev–Trinajstić information content (AvgIpc) is 2.27. The average molecular weight is 201 g/mol. The van der Waals surface area contributed by atoms with Crippen molar-refractivity contribution in [3.63, 3.8) is 0 Å². The van der Waals surface area contributed by atoms with Gasteiger partial charge in [0.05, 0.1) is 5.54 Å². The monoisotopic (exact) mass is 201 g/mol. The molecule has 1 N–H and O–H groups in total. The summed E-state index contributed by atoms with van der Waals surface area (Å²) in [6.07, 6.45) is 6.51. The van der Waals surface area contributed by atoms with Gasteiger partial charge in [0.2, 0.25) is 0 Å². The Kier molecular flexibility index (Phi) is 3.94. The molecule has 1 aromatic carbocycles. The molecule has 1 rings (SSSR count). The lowest BCUT2D eigenvalue weighted by molar-refractivity contribution is 0.403. The van der Waals surface area contributed by atoms with Gasteiger partial charge in [0.25, 0.3) is 0 Å². The van der Waals surface area contributed by atoms with Crippen molar-refractivity contribution in [1.82, 2.24) is 5.32 Å². The van der Waals surface area contributed by atoms with Crippen molar-refractivity contribution in [2.45, 2.75) is 38.8 Å². The van der Waals surface area contributed by atoms with Crippen LogP contribution in [0.2, 0.25) is 0 Å². The summed E-state index contributed by atoms with van der Waals surface area (Å²) in [7, 11) is 0. The maximum absolute atomic E-state index is 5.47. The lowest BCUT2D eigenvalue weighted by atomic mass is 9.99. The van der Waals surface area contributed by atoms with Crippen LogP contribution in [0, 0.1) is 12.3 Å². The van der Waals surface area contributed by atoms with Crippen LogP contribution < -0.4 is 5.32 Å². The highest BCUT2D eigenvalue weighted by Gasteiger charge is 2.19. The van der Waals surface area contributed by atoms with Gasteiger partial charge in [-0.15, -0.1) is 6.42 Å². The van der Waals surface area contributed by atoms with Gasteiger partial charge in [0, 0.05) is 6.04 Å². The third kappa shape index (κ3) is 3.42. The highest BCUT2D eigenvalue weighted by molar-refractivity contribution is 5.20. The van der Waals surface area contributed by atoms with E-state index < -0.39 is 0 Å². The van der Waals surface area contributed by atoms with Gasteiger partial charge in [-0.3, -0.25) is 5.32 Å². The molecule has 0 fully saturated rings. The van der Waals surface area contributed by atoms with E-state index in [1.807, 2.05) is 19.9 Å². The molecule has 0 aliphatic carbocycles. The number of terminal acetylenes is 1. The fraction of sp³-hybridized carbons (Fsp3) is 0.429. The van der Waals surface area contributed by atoms with Crippen molar-refractivity contribution in [3.05, 3.63) is 35.9 Å². The zero-order valence-electron chi connectivity index (χ0n) is 9.75. The van der Waals surface area contributed by atoms with Crippen LogP contribution in [0.25, 0.3) is 0 Å². The van der Waals surface area contributed by atoms with E-state index in [0.29, 0.717) is 6.04 Å². The van der Waals surface area contributed by atoms with Crippen LogP contribution in [-0.2, 0) is 0 Å². The fourth-order valence-electron chi connectivity index (χ4n) is 1.58. The van der Waals surface area contributed by atoms with E-state index >= 15 is 0 Å². The normalized spacial score (nSPS) is 13.2. The first-order chi connectivity index (χ1) is 7.09. The number of hydrogen-bond acceptors (Lipinski definition) is 1. The fourth-order valence-corrected chi connectivity index (χ4v) is 1.58. The molecule has 0 heterocycles. The van der Waals surface area contributed by atoms with Crippen LogP contribution in [0.1, 0.15) is 38.8 Å². The summed E-state index contributed by atoms with van der Waals surface area (Å²) in [6.45, 7) is 6.22. The molecule has 1 nitrogen and oxygen atoms in total. The molecule has 1 unspecified atom stereocenters. The predicted octanol–water partition coefficient (Wildman–Crippen LogP) is 3.14. The van der Waals surface area contributed by atoms with Crippen molar-refractivity contribution in [2.75, 3.05) is 0 Å². The topological polar surface area (TPSA) is 12.0 Å². The van der Waals surface area contributed by atoms with Crippen LogP contribution >= 0.6 is 0 Å². The molecule has 0 spiro atoms. The van der Waals surface area contributed by atoms with Crippen LogP contribution in [0.3, 0.4) is 0 Å². The molecule has 80 valence electrons. The maximum atomic E-state index is 5.47. The molecule has 0 saturated heterocycles. The van der Waals surface area contributed by atoms with E-state index in [9.17, 15) is 0 Å². The van der Waals surface area contributed by atoms with Crippen molar-refractivity contribution >= 4 is 0 Å². The van der Waals surface area contributed by atoms with Gasteiger partial charge in [0.15, 0.2) is 0 Å². The Morgan fingerprint density at radius 3 is 2.40 bits per heavy atom. The summed E-state index contributed by atoms with van der Waals surface area (Å²) >= 11 is 0. The van der Waals surface area contributed by atoms with E-state index in [1.54, 1.807) is 0 Å². The van der Waals surface area contributed by atoms with Crippen LogP contribution in [0.5, 0.6) is 0 Å². The zero-order valence-corrected chi connectivity index (χ0v) is 9.75. The second-order valence-corrected chi connectivity index (χ2v) is 4.29. The first kappa shape index (κ1) is 11.8. The van der Waals surface area contributed by atoms with Crippen molar-refractivity contribution in [1.29, 1.82) is 0 Å². The summed E-state index contributed by atoms with van der Waals surface area (Å²) < 4.78 is 0. The number of hydrogen-bond donors (Lipinski definition) is 1. The summed E-state index contributed by atoms with van der Waals surface area (Å²) in [4.78, 5) is 0. The minimum absolute atomic E-state index is 0.253. The van der Waals surface area contributed by atoms with Gasteiger partial charge < -0.3 is 0 Å². The van der Waals surface area contributed by atoms with E-state index in [2.05, 4.69) is 42.4 Å². The number of rotatable bonds is 4. The summed E-state index contributed by atoms with van der Waals surface area (Å²) in [5, 5.41) is 3.47. The first-order valence-electron chi connectivity index (χ1n) is 5.39. The smallest absolute Gasteiger partial charge is 0.0745 e. The van der Waals surface area contributed by atoms with E-state index in [0.717, 1.165) is 6.42 Å². The molecule has 1 aromatic rings. The minimum Gasteiger partial charge on any atom is -0.295 e. The minimum atomic E-state index is -0.253. The molecule has 0 aliphatic rings. The van der Waals surface area contributed by atoms with Gasteiger partial charge in [-0.25, -0.2) is 0 Å². The lowest BCUT2D eigenvalue weighted by Crippen LogP contribution is -2.40. The molecule has 0 amide bonds. The molecule has 0 bridgehead atoms. The van der Waals surface area contributed by atoms with Crippen molar-refractivity contribution in [2.24, 2.45) is 0 Å². The zero-order chi connectivity index (χ0) is 11.3. The van der Waals surface area contributed by atoms with E-state index in [4.69, 9.17) is 6.42 Å². The van der Waals surface area contributed by atoms with Gasteiger partial charge in [-0.2, -0.15) is 0 Å². The molecule has 1 heteroatoms. The highest BCUT2D eigenvalue weighted by atomic mass is 15.0. The molecule has 0 aromatic heterocycles. The van der Waals surface area contributed by atoms with Crippen LogP contribution in [0.15, 0.2) is 30.3 Å². The molecule has 0 aliphatic heterocycles. The second-order valence-electron chi connectivity index (χ2n) is 4.29. The third-order valence-corrected chi connectivity index (χ3v) is 2.51. The third-order valence-electron chi connectivity index (χ3n) is 2.51. The summed E-state index contributed by atoms with van der Waals surface area (Å²) in [5.74, 6) is 2.76. The highest BCUT2D eigenvalue weighted by Crippen LogP contribution is 2.19. The Bertz CT molecular complexity index is 332. The van der Waals surface area contributed by atoms with E-state index in [-0.39, 0.29) is 5.54 Å². The Morgan fingerprint density at radius 2 is 1.93 bits per heavy atom. The van der Waals surface area contributed by atoms with Crippen molar-refractivity contribution in [3.8, 4) is 12.3 Å². The van der Waals surface area contributed by atoms with Crippen LogP contribution in [-0.4, -0.2) is 5.54 Å². The Balaban J connectivity index is 2.79. The molecule has 15 heavy (non-hydrogen) atoms. The van der Waals surface area contributed by atoms with Gasteiger partial charge in [-0.05, 0) is 25.8 Å². The molecule has 1 atom stereocenters. The predicted molar refractivity (Wildman–Crippen MR) is 65.5 cm³/mol. The first-order valence-corrected chi connectivity index (χ1v) is 5.39. The Hall–Kier alpha value is -1.26. The number of benzene rings is 1. The summed E-state index contributed by atoms with van der Waals surface area (Å²) in [5.41, 5.74) is 1.04. The van der Waals surface area contributed by atoms with Gasteiger partial charge >= 0.3 is 0 Å². The maximum Gasteiger partial charge on any atom is 0.0745 e. The van der Waals surface area contributed by atoms with E-state index in [1.165, 1.54) is 5.56 Å². The van der Waals surface area contributed by atoms with Gasteiger partial charge in [-0.1, -0.05) is 43.2 Å². The number of nitrogens with one attached hydrogen (secondary N) is 1. The SMILES string of the molecule is C#CC(C)(C)NC(CC)c1ccccc1. The van der Waals surface area contributed by atoms with Crippen LogP contribution in [0.4, 0.5) is 0 Å². The van der Waals surface area contributed by atoms with Gasteiger partial charge in [0.1, 0.15) is 0 Å². The Labute approximate surface area is 92.9 Å². The molecular formula is C14H19N. The Morgan fingerprint density at radius 1 is 1.33 bits per heavy atom. The quantitative estimate of drug-likeness (QED) is 0.738. The standard InChI is InChI=1S/C14H19N/c1-5-13(15-14(3,4)6-2)12-10-8-7-9-11-12/h2,7-11,13,15H,5H2,1,3-4H3. The molecular weight excluding hydrogens is 182 g/mol. The molecule has 0 radical (unpaired) electrons. The second kappa shape index (κ2) is 5.00. The lowest BCUT2D eigenvalue weighted by Gasteiger charge is -2.27. The van der Waals surface area contributed by atoms with Crippen molar-refractivity contribution < 1.29 is 0 Å². The largest absolute Gasteiger partial charge is 0.295 e.